The number of rotatable bonds is 6. The summed E-state index contributed by atoms with van der Waals surface area (Å²) >= 11 is 0. The van der Waals surface area contributed by atoms with E-state index in [1.807, 2.05) is 37.3 Å². The lowest BCUT2D eigenvalue weighted by Gasteiger charge is -2.40. The van der Waals surface area contributed by atoms with Gasteiger partial charge in [-0.1, -0.05) is 43.7 Å². The minimum absolute atomic E-state index is 0.0482. The van der Waals surface area contributed by atoms with Gasteiger partial charge in [-0.3, -0.25) is 0 Å². The van der Waals surface area contributed by atoms with Crippen LogP contribution >= 0.6 is 0 Å². The third kappa shape index (κ3) is 4.05. The Bertz CT molecular complexity index is 639. The van der Waals surface area contributed by atoms with Crippen molar-refractivity contribution >= 4 is 15.9 Å². The summed E-state index contributed by atoms with van der Waals surface area (Å²) in [5, 5.41) is 5.65. The van der Waals surface area contributed by atoms with Gasteiger partial charge in [0.25, 0.3) is 0 Å². The number of amides is 2. The zero-order chi connectivity index (χ0) is 17.1. The van der Waals surface area contributed by atoms with Crippen molar-refractivity contribution < 1.29 is 13.2 Å². The standard InChI is InChI=1S/C17H26N2O3S/c1-13(15-8-5-4-6-9-15)14(2)19-16(20)18-12-17(10-7-11-17)23(3,21)22/h4-6,8-9,13-14H,7,10-12H2,1-3H3,(H2,18,19,20)/t13-,14-/m1/s1. The van der Waals surface area contributed by atoms with Gasteiger partial charge < -0.3 is 10.6 Å². The zero-order valence-electron chi connectivity index (χ0n) is 14.0. The van der Waals surface area contributed by atoms with Crippen LogP contribution in [0.15, 0.2) is 30.3 Å². The highest BCUT2D eigenvalue weighted by atomic mass is 32.2. The molecule has 0 spiro atoms. The number of hydrogen-bond donors (Lipinski definition) is 2. The van der Waals surface area contributed by atoms with Crippen LogP contribution in [0.5, 0.6) is 0 Å². The third-order valence-electron chi connectivity index (χ3n) is 5.06. The van der Waals surface area contributed by atoms with Crippen LogP contribution in [-0.4, -0.2) is 38.0 Å². The molecule has 1 aliphatic rings. The second kappa shape index (κ2) is 6.91. The smallest absolute Gasteiger partial charge is 0.315 e. The molecule has 1 fully saturated rings. The minimum Gasteiger partial charge on any atom is -0.337 e. The van der Waals surface area contributed by atoms with Crippen LogP contribution < -0.4 is 10.6 Å². The van der Waals surface area contributed by atoms with Crippen LogP contribution in [0.1, 0.15) is 44.6 Å². The normalized spacial score (nSPS) is 19.3. The predicted molar refractivity (Wildman–Crippen MR) is 92.3 cm³/mol. The number of nitrogens with one attached hydrogen (secondary N) is 2. The second-order valence-electron chi connectivity index (χ2n) is 6.62. The Labute approximate surface area is 138 Å². The van der Waals surface area contributed by atoms with E-state index in [4.69, 9.17) is 0 Å². The van der Waals surface area contributed by atoms with Crippen molar-refractivity contribution in [1.82, 2.24) is 10.6 Å². The predicted octanol–water partition coefficient (Wildman–Crippen LogP) is 2.45. The van der Waals surface area contributed by atoms with E-state index < -0.39 is 14.6 Å². The Kier molecular flexibility index (Phi) is 5.34. The van der Waals surface area contributed by atoms with E-state index in [-0.39, 0.29) is 24.5 Å². The van der Waals surface area contributed by atoms with Crippen molar-refractivity contribution in [3.8, 4) is 0 Å². The molecule has 6 heteroatoms. The van der Waals surface area contributed by atoms with Crippen LogP contribution in [-0.2, 0) is 9.84 Å². The summed E-state index contributed by atoms with van der Waals surface area (Å²) in [6.45, 7) is 4.20. The molecule has 0 unspecified atom stereocenters. The number of urea groups is 1. The molecule has 0 heterocycles. The molecule has 1 saturated carbocycles. The van der Waals surface area contributed by atoms with Crippen molar-refractivity contribution in [2.24, 2.45) is 0 Å². The maximum Gasteiger partial charge on any atom is 0.315 e. The monoisotopic (exact) mass is 338 g/mol. The first-order chi connectivity index (χ1) is 10.8. The van der Waals surface area contributed by atoms with Gasteiger partial charge in [0.05, 0.1) is 4.75 Å². The number of carbonyl (C=O) groups is 1. The van der Waals surface area contributed by atoms with E-state index in [0.29, 0.717) is 12.8 Å². The second-order valence-corrected chi connectivity index (χ2v) is 9.03. The van der Waals surface area contributed by atoms with Gasteiger partial charge in [0.1, 0.15) is 0 Å². The Hall–Kier alpha value is -1.56. The lowest BCUT2D eigenvalue weighted by Crippen LogP contribution is -2.55. The molecule has 2 atom stereocenters. The molecular weight excluding hydrogens is 312 g/mol. The first-order valence-electron chi connectivity index (χ1n) is 8.04. The van der Waals surface area contributed by atoms with E-state index >= 15 is 0 Å². The van der Waals surface area contributed by atoms with Gasteiger partial charge in [-0.05, 0) is 25.3 Å². The zero-order valence-corrected chi connectivity index (χ0v) is 14.8. The molecule has 1 aromatic rings. The van der Waals surface area contributed by atoms with E-state index in [1.165, 1.54) is 6.26 Å². The summed E-state index contributed by atoms with van der Waals surface area (Å²) in [6.07, 6.45) is 3.41. The molecule has 2 amide bonds. The van der Waals surface area contributed by atoms with Crippen molar-refractivity contribution in [3.05, 3.63) is 35.9 Å². The molecule has 0 saturated heterocycles. The van der Waals surface area contributed by atoms with Gasteiger partial charge >= 0.3 is 6.03 Å². The number of hydrogen-bond acceptors (Lipinski definition) is 3. The maximum absolute atomic E-state index is 12.1. The summed E-state index contributed by atoms with van der Waals surface area (Å²) in [6, 6.07) is 9.63. The summed E-state index contributed by atoms with van der Waals surface area (Å²) < 4.78 is 23.0. The molecule has 0 radical (unpaired) electrons. The Morgan fingerprint density at radius 1 is 1.22 bits per heavy atom. The molecular formula is C17H26N2O3S. The average molecular weight is 338 g/mol. The highest BCUT2D eigenvalue weighted by Gasteiger charge is 2.46. The molecule has 0 aromatic heterocycles. The van der Waals surface area contributed by atoms with Crippen LogP contribution in [0.3, 0.4) is 0 Å². The summed E-state index contributed by atoms with van der Waals surface area (Å²) in [4.78, 5) is 12.1. The maximum atomic E-state index is 12.1. The SMILES string of the molecule is C[C@@H](NC(=O)NCC1(S(C)(=O)=O)CCC1)[C@@H](C)c1ccccc1. The molecule has 1 aromatic carbocycles. The number of carbonyl (C=O) groups excluding carboxylic acids is 1. The van der Waals surface area contributed by atoms with Gasteiger partial charge in [0.2, 0.25) is 0 Å². The molecule has 2 N–H and O–H groups in total. The summed E-state index contributed by atoms with van der Waals surface area (Å²) in [7, 11) is -3.15. The Morgan fingerprint density at radius 2 is 1.83 bits per heavy atom. The molecule has 0 aliphatic heterocycles. The van der Waals surface area contributed by atoms with E-state index in [0.717, 1.165) is 12.0 Å². The largest absolute Gasteiger partial charge is 0.337 e. The fourth-order valence-corrected chi connectivity index (χ4v) is 4.28. The van der Waals surface area contributed by atoms with Gasteiger partial charge in [-0.15, -0.1) is 0 Å². The van der Waals surface area contributed by atoms with E-state index in [2.05, 4.69) is 17.6 Å². The van der Waals surface area contributed by atoms with Crippen LogP contribution in [0.4, 0.5) is 4.79 Å². The van der Waals surface area contributed by atoms with Crippen LogP contribution in [0.25, 0.3) is 0 Å². The van der Waals surface area contributed by atoms with Gasteiger partial charge in [0, 0.05) is 24.8 Å². The lowest BCUT2D eigenvalue weighted by molar-refractivity contribution is 0.231. The third-order valence-corrected chi connectivity index (χ3v) is 7.18. The van der Waals surface area contributed by atoms with Crippen molar-refractivity contribution in [1.29, 1.82) is 0 Å². The number of sulfone groups is 1. The molecule has 0 bridgehead atoms. The van der Waals surface area contributed by atoms with Crippen molar-refractivity contribution in [3.63, 3.8) is 0 Å². The molecule has 23 heavy (non-hydrogen) atoms. The van der Waals surface area contributed by atoms with Crippen LogP contribution in [0.2, 0.25) is 0 Å². The molecule has 1 aliphatic carbocycles. The highest BCUT2D eigenvalue weighted by Crippen LogP contribution is 2.38. The van der Waals surface area contributed by atoms with Gasteiger partial charge in [-0.25, -0.2) is 13.2 Å². The quantitative estimate of drug-likeness (QED) is 0.836. The van der Waals surface area contributed by atoms with E-state index in [1.54, 1.807) is 0 Å². The Morgan fingerprint density at radius 3 is 2.30 bits per heavy atom. The first kappa shape index (κ1) is 17.8. The first-order valence-corrected chi connectivity index (χ1v) is 9.93. The van der Waals surface area contributed by atoms with Crippen LogP contribution in [0, 0.1) is 0 Å². The van der Waals surface area contributed by atoms with Gasteiger partial charge in [0.15, 0.2) is 9.84 Å². The van der Waals surface area contributed by atoms with E-state index in [9.17, 15) is 13.2 Å². The fourth-order valence-electron chi connectivity index (χ4n) is 2.92. The topological polar surface area (TPSA) is 75.3 Å². The minimum atomic E-state index is -3.15. The molecule has 128 valence electrons. The average Bonchev–Trinajstić information content (AvgIpc) is 2.44. The summed E-state index contributed by atoms with van der Waals surface area (Å²) in [5.74, 6) is 0.175. The fraction of sp³-hybridized carbons (Fsp3) is 0.588. The number of benzene rings is 1. The molecule has 2 rings (SSSR count). The summed E-state index contributed by atoms with van der Waals surface area (Å²) in [5.41, 5.74) is 1.16. The lowest BCUT2D eigenvalue weighted by atomic mass is 9.84. The molecule has 5 nitrogen and oxygen atoms in total. The Balaban J connectivity index is 1.87. The van der Waals surface area contributed by atoms with Crippen molar-refractivity contribution in [2.75, 3.05) is 12.8 Å². The van der Waals surface area contributed by atoms with Gasteiger partial charge in [-0.2, -0.15) is 0 Å². The van der Waals surface area contributed by atoms with Crippen molar-refractivity contribution in [2.45, 2.75) is 49.8 Å². The highest BCUT2D eigenvalue weighted by molar-refractivity contribution is 7.92.